The first-order valence-electron chi connectivity index (χ1n) is 11.3. The maximum absolute atomic E-state index is 11.3. The second kappa shape index (κ2) is 11.0. The number of piperidine rings is 1. The van der Waals surface area contributed by atoms with Crippen molar-refractivity contribution in [1.29, 1.82) is 0 Å². The number of anilines is 1. The molecule has 6 heteroatoms. The summed E-state index contributed by atoms with van der Waals surface area (Å²) in [6, 6.07) is 15.3. The third-order valence-electron chi connectivity index (χ3n) is 5.97. The molecule has 4 rings (SSSR count). The zero-order chi connectivity index (χ0) is 22.3. The average molecular weight is 446 g/mol. The van der Waals surface area contributed by atoms with Gasteiger partial charge < -0.3 is 14.7 Å². The number of rotatable bonds is 4. The van der Waals surface area contributed by atoms with Gasteiger partial charge in [0.2, 0.25) is 0 Å². The third kappa shape index (κ3) is 7.54. The Morgan fingerprint density at radius 1 is 0.871 bits per heavy atom. The zero-order valence-corrected chi connectivity index (χ0v) is 19.5. The molecule has 5 nitrogen and oxygen atoms in total. The summed E-state index contributed by atoms with van der Waals surface area (Å²) in [6.45, 7) is 4.05. The summed E-state index contributed by atoms with van der Waals surface area (Å²) in [5.74, 6) is 0.768. The van der Waals surface area contributed by atoms with E-state index in [0.29, 0.717) is 11.0 Å². The van der Waals surface area contributed by atoms with Crippen molar-refractivity contribution in [1.82, 2.24) is 0 Å². The van der Waals surface area contributed by atoms with Crippen LogP contribution < -0.4 is 9.64 Å². The van der Waals surface area contributed by atoms with E-state index in [1.807, 2.05) is 0 Å². The number of hydrogen-bond donors (Lipinski definition) is 1. The molecule has 0 spiro atoms. The molecule has 2 fully saturated rings. The minimum Gasteiger partial charge on any atom is -0.490 e. The van der Waals surface area contributed by atoms with Crippen molar-refractivity contribution in [3.63, 3.8) is 0 Å². The molecule has 31 heavy (non-hydrogen) atoms. The van der Waals surface area contributed by atoms with E-state index in [4.69, 9.17) is 4.74 Å². The molecular weight excluding hydrogens is 410 g/mol. The topological polar surface area (TPSA) is 66.8 Å². The highest BCUT2D eigenvalue weighted by Gasteiger charge is 2.17. The summed E-state index contributed by atoms with van der Waals surface area (Å²) in [6.07, 6.45) is 9.18. The van der Waals surface area contributed by atoms with Crippen molar-refractivity contribution in [3.8, 4) is 5.75 Å². The van der Waals surface area contributed by atoms with Crippen LogP contribution in [0.4, 0.5) is 5.69 Å². The molecule has 1 aliphatic heterocycles. The standard InChI is InChI=1S/C13H18O3S.C12H17NO/c1-17(14,15)13-9-7-12(8-10-13)16-11-5-3-2-4-6-11;1-10-2-4-11(5-3-10)13-8-6-12(14)7-9-13/h7-11H,2-6H2,1H3;2-5,12,14H,6-9H2,1H3. The Hall–Kier alpha value is -2.05. The van der Waals surface area contributed by atoms with Crippen LogP contribution in [0.5, 0.6) is 5.75 Å². The van der Waals surface area contributed by atoms with Crippen molar-refractivity contribution >= 4 is 15.5 Å². The Bertz CT molecular complexity index is 896. The maximum atomic E-state index is 11.3. The SMILES string of the molecule is CS(=O)(=O)c1ccc(OC2CCCCC2)cc1.Cc1ccc(N2CCC(O)CC2)cc1. The molecule has 0 unspecified atom stereocenters. The van der Waals surface area contributed by atoms with Crippen molar-refractivity contribution in [2.24, 2.45) is 0 Å². The van der Waals surface area contributed by atoms with E-state index in [-0.39, 0.29) is 6.10 Å². The summed E-state index contributed by atoms with van der Waals surface area (Å²) >= 11 is 0. The lowest BCUT2D eigenvalue weighted by atomic mass is 9.98. The first kappa shape index (κ1) is 23.6. The van der Waals surface area contributed by atoms with Gasteiger partial charge in [-0.1, -0.05) is 24.1 Å². The maximum Gasteiger partial charge on any atom is 0.175 e. The predicted octanol–water partition coefficient (Wildman–Crippen LogP) is 4.76. The molecule has 0 amide bonds. The van der Waals surface area contributed by atoms with Crippen LogP contribution in [0.3, 0.4) is 0 Å². The Morgan fingerprint density at radius 3 is 2.00 bits per heavy atom. The lowest BCUT2D eigenvalue weighted by Crippen LogP contribution is -2.35. The van der Waals surface area contributed by atoms with E-state index < -0.39 is 9.84 Å². The van der Waals surface area contributed by atoms with Gasteiger partial charge in [-0.2, -0.15) is 0 Å². The summed E-state index contributed by atoms with van der Waals surface area (Å²) in [7, 11) is -3.11. The lowest BCUT2D eigenvalue weighted by molar-refractivity contribution is 0.145. The minimum absolute atomic E-state index is 0.0864. The van der Waals surface area contributed by atoms with Crippen LogP contribution in [0.1, 0.15) is 50.5 Å². The fourth-order valence-electron chi connectivity index (χ4n) is 4.02. The quantitative estimate of drug-likeness (QED) is 0.735. The molecular formula is C25H35NO4S. The number of hydrogen-bond acceptors (Lipinski definition) is 5. The van der Waals surface area contributed by atoms with Gasteiger partial charge in [0.1, 0.15) is 5.75 Å². The van der Waals surface area contributed by atoms with Crippen LogP contribution in [0.15, 0.2) is 53.4 Å². The molecule has 2 aromatic rings. The zero-order valence-electron chi connectivity index (χ0n) is 18.7. The molecule has 0 radical (unpaired) electrons. The van der Waals surface area contributed by atoms with E-state index in [0.717, 1.165) is 44.5 Å². The molecule has 1 saturated heterocycles. The van der Waals surface area contributed by atoms with E-state index in [1.165, 1.54) is 36.8 Å². The monoisotopic (exact) mass is 445 g/mol. The Labute approximate surface area is 187 Å². The number of aliphatic hydroxyl groups excluding tert-OH is 1. The number of aliphatic hydroxyl groups is 1. The second-order valence-corrected chi connectivity index (χ2v) is 10.7. The van der Waals surface area contributed by atoms with Crippen molar-refractivity contribution in [3.05, 3.63) is 54.1 Å². The fourth-order valence-corrected chi connectivity index (χ4v) is 4.65. The largest absolute Gasteiger partial charge is 0.490 e. The fraction of sp³-hybridized carbons (Fsp3) is 0.520. The van der Waals surface area contributed by atoms with Crippen molar-refractivity contribution in [2.45, 2.75) is 69.0 Å². The molecule has 0 atom stereocenters. The Morgan fingerprint density at radius 2 is 1.45 bits per heavy atom. The first-order valence-corrected chi connectivity index (χ1v) is 13.2. The van der Waals surface area contributed by atoms with Crippen LogP contribution in [-0.4, -0.2) is 45.1 Å². The van der Waals surface area contributed by atoms with Crippen LogP contribution in [0, 0.1) is 6.92 Å². The van der Waals surface area contributed by atoms with Gasteiger partial charge in [0.15, 0.2) is 9.84 Å². The number of ether oxygens (including phenoxy) is 1. The van der Waals surface area contributed by atoms with Gasteiger partial charge in [0.25, 0.3) is 0 Å². The van der Waals surface area contributed by atoms with Crippen molar-refractivity contribution in [2.75, 3.05) is 24.2 Å². The van der Waals surface area contributed by atoms with Crippen LogP contribution >= 0.6 is 0 Å². The van der Waals surface area contributed by atoms with E-state index in [9.17, 15) is 13.5 Å². The van der Waals surface area contributed by atoms with E-state index in [2.05, 4.69) is 36.1 Å². The normalized spacial score (nSPS) is 18.2. The minimum atomic E-state index is -3.11. The van der Waals surface area contributed by atoms with Gasteiger partial charge in [0, 0.05) is 25.0 Å². The average Bonchev–Trinajstić information content (AvgIpc) is 2.76. The number of nitrogens with zero attached hydrogens (tertiary/aromatic N) is 1. The van der Waals surface area contributed by atoms with Gasteiger partial charge in [-0.05, 0) is 81.8 Å². The molecule has 170 valence electrons. The Kier molecular flexibility index (Phi) is 8.38. The van der Waals surface area contributed by atoms with Gasteiger partial charge in [-0.15, -0.1) is 0 Å². The molecule has 2 aliphatic rings. The number of sulfone groups is 1. The predicted molar refractivity (Wildman–Crippen MR) is 126 cm³/mol. The second-order valence-electron chi connectivity index (χ2n) is 8.68. The van der Waals surface area contributed by atoms with Gasteiger partial charge in [-0.3, -0.25) is 0 Å². The highest BCUT2D eigenvalue weighted by molar-refractivity contribution is 7.90. The van der Waals surface area contributed by atoms with E-state index >= 15 is 0 Å². The molecule has 1 aliphatic carbocycles. The molecule has 1 N–H and O–H groups in total. The molecule has 2 aromatic carbocycles. The summed E-state index contributed by atoms with van der Waals surface area (Å²) in [4.78, 5) is 2.68. The van der Waals surface area contributed by atoms with Crippen molar-refractivity contribution < 1.29 is 18.3 Å². The number of aryl methyl sites for hydroxylation is 1. The van der Waals surface area contributed by atoms with Gasteiger partial charge in [-0.25, -0.2) is 8.42 Å². The van der Waals surface area contributed by atoms with Gasteiger partial charge in [0.05, 0.1) is 17.1 Å². The smallest absolute Gasteiger partial charge is 0.175 e. The first-order chi connectivity index (χ1) is 14.8. The molecule has 1 saturated carbocycles. The lowest BCUT2D eigenvalue weighted by Gasteiger charge is -2.31. The molecule has 0 bridgehead atoms. The Balaban J connectivity index is 0.000000179. The van der Waals surface area contributed by atoms with Crippen LogP contribution in [0.2, 0.25) is 0 Å². The third-order valence-corrected chi connectivity index (χ3v) is 7.10. The highest BCUT2D eigenvalue weighted by atomic mass is 32.2. The molecule has 1 heterocycles. The molecule has 0 aromatic heterocycles. The summed E-state index contributed by atoms with van der Waals surface area (Å²) in [5.41, 5.74) is 2.58. The number of benzene rings is 2. The summed E-state index contributed by atoms with van der Waals surface area (Å²) in [5, 5.41) is 9.39. The highest BCUT2D eigenvalue weighted by Crippen LogP contribution is 2.24. The summed E-state index contributed by atoms with van der Waals surface area (Å²) < 4.78 is 28.4. The van der Waals surface area contributed by atoms with E-state index in [1.54, 1.807) is 24.3 Å². The van der Waals surface area contributed by atoms with Crippen LogP contribution in [0.25, 0.3) is 0 Å². The van der Waals surface area contributed by atoms with Gasteiger partial charge >= 0.3 is 0 Å². The van der Waals surface area contributed by atoms with Crippen LogP contribution in [-0.2, 0) is 9.84 Å².